The van der Waals surface area contributed by atoms with Crippen molar-refractivity contribution in [3.8, 4) is 0 Å². The summed E-state index contributed by atoms with van der Waals surface area (Å²) in [5.41, 5.74) is 1.21. The molecular weight excluding hydrogens is 230 g/mol. The van der Waals surface area contributed by atoms with Crippen molar-refractivity contribution in [2.45, 2.75) is 19.4 Å². The van der Waals surface area contributed by atoms with Crippen molar-refractivity contribution in [3.63, 3.8) is 0 Å². The summed E-state index contributed by atoms with van der Waals surface area (Å²) in [6.45, 7) is 3.95. The van der Waals surface area contributed by atoms with Gasteiger partial charge in [-0.15, -0.1) is 0 Å². The number of nitrogens with zero attached hydrogens (tertiary/aromatic N) is 3. The molecule has 2 aromatic heterocycles. The molecule has 0 bridgehead atoms. The van der Waals surface area contributed by atoms with E-state index in [1.54, 1.807) is 18.6 Å². The van der Waals surface area contributed by atoms with E-state index in [4.69, 9.17) is 0 Å². The van der Waals surface area contributed by atoms with Crippen molar-refractivity contribution >= 4 is 17.1 Å². The summed E-state index contributed by atoms with van der Waals surface area (Å²) in [5, 5.41) is 0. The predicted octanol–water partition coefficient (Wildman–Crippen LogP) is 1.90. The average Bonchev–Trinajstić information content (AvgIpc) is 2.80. The van der Waals surface area contributed by atoms with E-state index < -0.39 is 5.54 Å². The molecule has 18 heavy (non-hydrogen) atoms. The maximum Gasteiger partial charge on any atom is 0.330 e. The van der Waals surface area contributed by atoms with Gasteiger partial charge >= 0.3 is 5.97 Å². The number of rotatable bonds is 3. The van der Waals surface area contributed by atoms with Gasteiger partial charge in [0, 0.05) is 12.3 Å². The Morgan fingerprint density at radius 3 is 2.94 bits per heavy atom. The molecule has 5 heteroatoms. The number of carbonyl (C=O) groups is 1. The van der Waals surface area contributed by atoms with E-state index in [2.05, 4.69) is 14.7 Å². The number of hydrogen-bond donors (Lipinski definition) is 0. The Labute approximate surface area is 105 Å². The van der Waals surface area contributed by atoms with Crippen LogP contribution in [0.25, 0.3) is 11.2 Å². The van der Waals surface area contributed by atoms with Crippen LogP contribution in [-0.2, 0) is 15.1 Å². The van der Waals surface area contributed by atoms with Crippen LogP contribution in [0.3, 0.4) is 0 Å². The highest BCUT2D eigenvalue weighted by molar-refractivity contribution is 5.82. The summed E-state index contributed by atoms with van der Waals surface area (Å²) in [7, 11) is 1.36. The normalized spacial score (nSPS) is 12.2. The molecule has 2 heterocycles. The lowest BCUT2D eigenvalue weighted by Crippen LogP contribution is -2.23. The first-order valence-corrected chi connectivity index (χ1v) is 5.60. The molecule has 94 valence electrons. The number of methoxy groups -OCH3 is 1. The minimum Gasteiger partial charge on any atom is -0.466 e. The van der Waals surface area contributed by atoms with Crippen LogP contribution in [0.2, 0.25) is 0 Å². The molecule has 0 amide bonds. The van der Waals surface area contributed by atoms with Crippen molar-refractivity contribution in [2.75, 3.05) is 7.11 Å². The Morgan fingerprint density at radius 1 is 1.44 bits per heavy atom. The zero-order valence-electron chi connectivity index (χ0n) is 10.6. The molecule has 0 aliphatic rings. The largest absolute Gasteiger partial charge is 0.466 e. The van der Waals surface area contributed by atoms with Gasteiger partial charge in [0.25, 0.3) is 0 Å². The Kier molecular flexibility index (Phi) is 3.14. The fraction of sp³-hybridized carbons (Fsp3) is 0.308. The van der Waals surface area contributed by atoms with Crippen molar-refractivity contribution in [1.82, 2.24) is 14.5 Å². The zero-order chi connectivity index (χ0) is 13.2. The van der Waals surface area contributed by atoms with E-state index in [0.717, 1.165) is 11.2 Å². The summed E-state index contributed by atoms with van der Waals surface area (Å²) in [6.07, 6.45) is 6.63. The average molecular weight is 245 g/mol. The van der Waals surface area contributed by atoms with E-state index in [1.165, 1.54) is 13.2 Å². The van der Waals surface area contributed by atoms with Gasteiger partial charge in [-0.1, -0.05) is 6.08 Å². The second-order valence-corrected chi connectivity index (χ2v) is 4.47. The summed E-state index contributed by atoms with van der Waals surface area (Å²) < 4.78 is 6.50. The fourth-order valence-electron chi connectivity index (χ4n) is 1.69. The second-order valence-electron chi connectivity index (χ2n) is 4.47. The minimum atomic E-state index is -0.405. The maximum absolute atomic E-state index is 11.1. The molecule has 0 saturated carbocycles. The third-order valence-corrected chi connectivity index (χ3v) is 2.76. The number of ether oxygens (including phenoxy) is 1. The number of allylic oxidation sites excluding steroid dienone is 1. The van der Waals surface area contributed by atoms with E-state index in [-0.39, 0.29) is 5.97 Å². The third kappa shape index (κ3) is 2.25. The van der Waals surface area contributed by atoms with Crippen LogP contribution in [0.15, 0.2) is 36.8 Å². The van der Waals surface area contributed by atoms with Crippen LogP contribution in [-0.4, -0.2) is 27.6 Å². The number of hydrogen-bond acceptors (Lipinski definition) is 4. The molecule has 0 radical (unpaired) electrons. The van der Waals surface area contributed by atoms with Crippen molar-refractivity contribution in [2.24, 2.45) is 0 Å². The lowest BCUT2D eigenvalue weighted by molar-refractivity contribution is -0.134. The summed E-state index contributed by atoms with van der Waals surface area (Å²) in [4.78, 5) is 19.7. The van der Waals surface area contributed by atoms with Gasteiger partial charge in [0.15, 0.2) is 5.65 Å². The molecule has 0 N–H and O–H groups in total. The molecule has 0 unspecified atom stereocenters. The smallest absolute Gasteiger partial charge is 0.330 e. The van der Waals surface area contributed by atoms with Crippen LogP contribution in [0.1, 0.15) is 13.8 Å². The van der Waals surface area contributed by atoms with E-state index in [0.29, 0.717) is 0 Å². The Bertz CT molecular complexity index is 599. The number of imidazole rings is 1. The quantitative estimate of drug-likeness (QED) is 0.612. The monoisotopic (exact) mass is 245 g/mol. The topological polar surface area (TPSA) is 57.0 Å². The summed E-state index contributed by atoms with van der Waals surface area (Å²) in [6, 6.07) is 3.75. The maximum atomic E-state index is 11.1. The van der Waals surface area contributed by atoms with Crippen molar-refractivity contribution < 1.29 is 9.53 Å². The molecule has 2 rings (SSSR count). The van der Waals surface area contributed by atoms with Crippen molar-refractivity contribution in [3.05, 3.63) is 36.8 Å². The van der Waals surface area contributed by atoms with Gasteiger partial charge in [-0.05, 0) is 26.0 Å². The van der Waals surface area contributed by atoms with Gasteiger partial charge in [-0.2, -0.15) is 0 Å². The predicted molar refractivity (Wildman–Crippen MR) is 68.0 cm³/mol. The lowest BCUT2D eigenvalue weighted by atomic mass is 10.0. The molecule has 0 spiro atoms. The molecule has 0 aliphatic carbocycles. The second kappa shape index (κ2) is 4.60. The highest BCUT2D eigenvalue weighted by Crippen LogP contribution is 2.22. The van der Waals surface area contributed by atoms with Crippen LogP contribution in [0, 0.1) is 0 Å². The minimum absolute atomic E-state index is 0.375. The van der Waals surface area contributed by atoms with Gasteiger partial charge < -0.3 is 9.30 Å². The molecule has 0 aromatic carbocycles. The molecule has 5 nitrogen and oxygen atoms in total. The highest BCUT2D eigenvalue weighted by atomic mass is 16.5. The third-order valence-electron chi connectivity index (χ3n) is 2.76. The van der Waals surface area contributed by atoms with Crippen LogP contribution >= 0.6 is 0 Å². The molecule has 0 fully saturated rings. The SMILES string of the molecule is COC(=O)/C=C/C(C)(C)n1cnc2cccnc21. The van der Waals surface area contributed by atoms with E-state index >= 15 is 0 Å². The van der Waals surface area contributed by atoms with Gasteiger partial charge in [-0.25, -0.2) is 14.8 Å². The Balaban J connectivity index is 2.40. The summed E-state index contributed by atoms with van der Waals surface area (Å²) in [5.74, 6) is -0.375. The Hall–Kier alpha value is -2.17. The molecule has 2 aromatic rings. The number of pyridine rings is 1. The molecule has 0 saturated heterocycles. The Morgan fingerprint density at radius 2 is 2.22 bits per heavy atom. The van der Waals surface area contributed by atoms with Gasteiger partial charge in [-0.3, -0.25) is 0 Å². The van der Waals surface area contributed by atoms with Crippen LogP contribution in [0.5, 0.6) is 0 Å². The summed E-state index contributed by atoms with van der Waals surface area (Å²) >= 11 is 0. The standard InChI is InChI=1S/C13H15N3O2/c1-13(2,7-6-11(17)18-3)16-9-15-10-5-4-8-14-12(10)16/h4-9H,1-3H3/b7-6+. The molecular formula is C13H15N3O2. The highest BCUT2D eigenvalue weighted by Gasteiger charge is 2.19. The first-order valence-electron chi connectivity index (χ1n) is 5.60. The van der Waals surface area contributed by atoms with Crippen molar-refractivity contribution in [1.29, 1.82) is 0 Å². The van der Waals surface area contributed by atoms with Crippen LogP contribution < -0.4 is 0 Å². The molecule has 0 atom stereocenters. The lowest BCUT2D eigenvalue weighted by Gasteiger charge is -2.22. The van der Waals surface area contributed by atoms with Crippen LogP contribution in [0.4, 0.5) is 0 Å². The molecule has 0 aliphatic heterocycles. The van der Waals surface area contributed by atoms with Gasteiger partial charge in [0.1, 0.15) is 5.52 Å². The number of esters is 1. The first kappa shape index (κ1) is 12.3. The van der Waals surface area contributed by atoms with E-state index in [9.17, 15) is 4.79 Å². The zero-order valence-corrected chi connectivity index (χ0v) is 10.6. The van der Waals surface area contributed by atoms with Gasteiger partial charge in [0.05, 0.1) is 19.0 Å². The number of carbonyl (C=O) groups excluding carboxylic acids is 1. The fourth-order valence-corrected chi connectivity index (χ4v) is 1.69. The number of fused-ring (bicyclic) bond motifs is 1. The van der Waals surface area contributed by atoms with Gasteiger partial charge in [0.2, 0.25) is 0 Å². The number of aromatic nitrogens is 3. The van der Waals surface area contributed by atoms with E-state index in [1.807, 2.05) is 30.5 Å². The first-order chi connectivity index (χ1) is 8.54.